The number of benzene rings is 1. The molecule has 0 spiro atoms. The van der Waals surface area contributed by atoms with Gasteiger partial charge in [0, 0.05) is 12.1 Å². The van der Waals surface area contributed by atoms with Gasteiger partial charge >= 0.3 is 5.97 Å². The van der Waals surface area contributed by atoms with Crippen LogP contribution in [0.2, 0.25) is 0 Å². The molecule has 1 amide bonds. The first-order chi connectivity index (χ1) is 11.8. The number of nitrogens with zero attached hydrogens (tertiary/aromatic N) is 1. The summed E-state index contributed by atoms with van der Waals surface area (Å²) in [5, 5.41) is 4.85. The maximum absolute atomic E-state index is 12.3. The molecule has 0 bridgehead atoms. The first-order valence-electron chi connectivity index (χ1n) is 8.72. The van der Waals surface area contributed by atoms with Crippen molar-refractivity contribution >= 4 is 11.9 Å². The Labute approximate surface area is 148 Å². The van der Waals surface area contributed by atoms with E-state index >= 15 is 0 Å². The smallest absolute Gasteiger partial charge is 0.307 e. The van der Waals surface area contributed by atoms with Crippen molar-refractivity contribution in [3.63, 3.8) is 0 Å². The summed E-state index contributed by atoms with van der Waals surface area (Å²) < 4.78 is 5.32. The number of fused-ring (bicyclic) bond motifs is 1. The first-order valence-corrected chi connectivity index (χ1v) is 8.72. The lowest BCUT2D eigenvalue weighted by molar-refractivity contribution is -0.176. The normalized spacial score (nSPS) is 28.3. The number of carbonyl (C=O) groups excluding carboxylic acids is 2. The number of esters is 1. The fourth-order valence-electron chi connectivity index (χ4n) is 3.92. The molecule has 1 aromatic carbocycles. The lowest BCUT2D eigenvalue weighted by Crippen LogP contribution is -2.64. The van der Waals surface area contributed by atoms with E-state index in [4.69, 9.17) is 9.57 Å². The minimum Gasteiger partial charge on any atom is -0.461 e. The minimum atomic E-state index is -0.397. The molecule has 2 saturated heterocycles. The van der Waals surface area contributed by atoms with E-state index in [1.165, 1.54) is 0 Å². The molecule has 2 fully saturated rings. The van der Waals surface area contributed by atoms with Crippen molar-refractivity contribution in [1.82, 2.24) is 10.4 Å². The molecule has 0 aromatic heterocycles. The maximum atomic E-state index is 12.3. The number of ether oxygens (including phenoxy) is 1. The van der Waals surface area contributed by atoms with Gasteiger partial charge in [-0.2, -0.15) is 5.06 Å². The van der Waals surface area contributed by atoms with Gasteiger partial charge in [-0.25, -0.2) is 0 Å². The SMILES string of the molecule is CC1(C)C[C@@]2(C)[C@H](CON2CCC(=O)OCc2ccccc2)C(=O)N1. The lowest BCUT2D eigenvalue weighted by Gasteiger charge is -2.46. The van der Waals surface area contributed by atoms with Gasteiger partial charge in [-0.15, -0.1) is 0 Å². The number of hydrogen-bond donors (Lipinski definition) is 1. The number of carbonyl (C=O) groups is 2. The third kappa shape index (κ3) is 3.85. The molecule has 6 heteroatoms. The molecule has 0 unspecified atom stereocenters. The highest BCUT2D eigenvalue weighted by Crippen LogP contribution is 2.42. The van der Waals surface area contributed by atoms with E-state index in [1.807, 2.05) is 56.2 Å². The molecule has 3 rings (SSSR count). The van der Waals surface area contributed by atoms with E-state index in [1.54, 1.807) is 0 Å². The number of nitrogens with one attached hydrogen (secondary N) is 1. The molecule has 1 N–H and O–H groups in total. The van der Waals surface area contributed by atoms with Crippen LogP contribution in [0.5, 0.6) is 0 Å². The highest BCUT2D eigenvalue weighted by molar-refractivity contribution is 5.82. The van der Waals surface area contributed by atoms with E-state index in [0.29, 0.717) is 13.2 Å². The molecule has 6 nitrogen and oxygen atoms in total. The molecular formula is C19H26N2O4. The predicted octanol–water partition coefficient (Wildman–Crippen LogP) is 2.04. The van der Waals surface area contributed by atoms with E-state index in [0.717, 1.165) is 12.0 Å². The van der Waals surface area contributed by atoms with Crippen LogP contribution in [0.3, 0.4) is 0 Å². The zero-order chi connectivity index (χ0) is 18.1. The van der Waals surface area contributed by atoms with E-state index < -0.39 is 5.54 Å². The Balaban J connectivity index is 1.54. The maximum Gasteiger partial charge on any atom is 0.307 e. The third-order valence-electron chi connectivity index (χ3n) is 5.06. The van der Waals surface area contributed by atoms with Gasteiger partial charge in [0.15, 0.2) is 0 Å². The Kier molecular flexibility index (Phi) is 4.84. The summed E-state index contributed by atoms with van der Waals surface area (Å²) in [6.45, 7) is 7.12. The van der Waals surface area contributed by atoms with Gasteiger partial charge in [0.05, 0.1) is 24.5 Å². The Morgan fingerprint density at radius 3 is 2.76 bits per heavy atom. The Morgan fingerprint density at radius 1 is 1.32 bits per heavy atom. The largest absolute Gasteiger partial charge is 0.461 e. The molecule has 136 valence electrons. The van der Waals surface area contributed by atoms with Gasteiger partial charge in [-0.1, -0.05) is 30.3 Å². The first kappa shape index (κ1) is 17.9. The van der Waals surface area contributed by atoms with Gasteiger partial charge in [0.25, 0.3) is 0 Å². The second-order valence-electron chi connectivity index (χ2n) is 7.75. The molecule has 2 aliphatic heterocycles. The average molecular weight is 346 g/mol. The third-order valence-corrected chi connectivity index (χ3v) is 5.06. The van der Waals surface area contributed by atoms with Crippen molar-refractivity contribution in [2.24, 2.45) is 5.92 Å². The van der Waals surface area contributed by atoms with Gasteiger partial charge in [-0.05, 0) is 32.8 Å². The Bertz CT molecular complexity index is 646. The number of hydroxylamine groups is 2. The number of piperidine rings is 1. The van der Waals surface area contributed by atoms with Crippen molar-refractivity contribution in [1.29, 1.82) is 0 Å². The summed E-state index contributed by atoms with van der Waals surface area (Å²) >= 11 is 0. The predicted molar refractivity (Wildman–Crippen MR) is 92.2 cm³/mol. The zero-order valence-corrected chi connectivity index (χ0v) is 15.1. The highest BCUT2D eigenvalue weighted by Gasteiger charge is 2.56. The topological polar surface area (TPSA) is 67.9 Å². The molecule has 0 saturated carbocycles. The van der Waals surface area contributed by atoms with Crippen LogP contribution in [0.1, 0.15) is 39.2 Å². The van der Waals surface area contributed by atoms with Crippen LogP contribution in [-0.4, -0.2) is 41.2 Å². The summed E-state index contributed by atoms with van der Waals surface area (Å²) in [6, 6.07) is 9.60. The van der Waals surface area contributed by atoms with Crippen molar-refractivity contribution < 1.29 is 19.2 Å². The van der Waals surface area contributed by atoms with Crippen LogP contribution in [0.15, 0.2) is 30.3 Å². The average Bonchev–Trinajstić information content (AvgIpc) is 2.87. The number of amides is 1. The molecular weight excluding hydrogens is 320 g/mol. The van der Waals surface area contributed by atoms with Crippen molar-refractivity contribution in [2.45, 2.75) is 51.3 Å². The van der Waals surface area contributed by atoms with E-state index in [2.05, 4.69) is 5.32 Å². The molecule has 25 heavy (non-hydrogen) atoms. The van der Waals surface area contributed by atoms with Crippen LogP contribution < -0.4 is 5.32 Å². The van der Waals surface area contributed by atoms with E-state index in [-0.39, 0.29) is 36.4 Å². The molecule has 0 radical (unpaired) electrons. The molecule has 2 atom stereocenters. The summed E-state index contributed by atoms with van der Waals surface area (Å²) in [4.78, 5) is 30.1. The minimum absolute atomic E-state index is 0.0212. The zero-order valence-electron chi connectivity index (χ0n) is 15.1. The van der Waals surface area contributed by atoms with Gasteiger partial charge in [-0.3, -0.25) is 14.4 Å². The lowest BCUT2D eigenvalue weighted by atomic mass is 9.73. The van der Waals surface area contributed by atoms with E-state index in [9.17, 15) is 9.59 Å². The highest BCUT2D eigenvalue weighted by atomic mass is 16.7. The Morgan fingerprint density at radius 2 is 2.04 bits per heavy atom. The van der Waals surface area contributed by atoms with Crippen molar-refractivity contribution in [2.75, 3.05) is 13.2 Å². The standard InChI is InChI=1S/C19H26N2O4/c1-18(2)13-19(3)15(17(23)20-18)12-25-21(19)10-9-16(22)24-11-14-7-5-4-6-8-14/h4-8,15H,9-13H2,1-3H3,(H,20,23)/t15-,19+/m1/s1. The van der Waals surface area contributed by atoms with Crippen LogP contribution in [-0.2, 0) is 25.8 Å². The summed E-state index contributed by atoms with van der Waals surface area (Å²) in [6.07, 6.45) is 1.01. The second-order valence-corrected chi connectivity index (χ2v) is 7.75. The fraction of sp³-hybridized carbons (Fsp3) is 0.579. The van der Waals surface area contributed by atoms with Crippen LogP contribution in [0.4, 0.5) is 0 Å². The van der Waals surface area contributed by atoms with Crippen molar-refractivity contribution in [3.05, 3.63) is 35.9 Å². The fourth-order valence-corrected chi connectivity index (χ4v) is 3.92. The van der Waals surface area contributed by atoms with Crippen LogP contribution in [0.25, 0.3) is 0 Å². The quantitative estimate of drug-likeness (QED) is 0.827. The molecule has 0 aliphatic carbocycles. The van der Waals surface area contributed by atoms with Crippen LogP contribution >= 0.6 is 0 Å². The monoisotopic (exact) mass is 346 g/mol. The summed E-state index contributed by atoms with van der Waals surface area (Å²) in [5.41, 5.74) is 0.277. The number of hydrogen-bond acceptors (Lipinski definition) is 5. The summed E-state index contributed by atoms with van der Waals surface area (Å²) in [5.74, 6) is -0.451. The molecule has 2 aliphatic rings. The van der Waals surface area contributed by atoms with Gasteiger partial charge in [0.1, 0.15) is 6.61 Å². The second kappa shape index (κ2) is 6.77. The van der Waals surface area contributed by atoms with Gasteiger partial charge in [0.2, 0.25) is 5.91 Å². The molecule has 1 aromatic rings. The Hall–Kier alpha value is -1.92. The summed E-state index contributed by atoms with van der Waals surface area (Å²) in [7, 11) is 0. The number of rotatable bonds is 5. The van der Waals surface area contributed by atoms with Gasteiger partial charge < -0.3 is 10.1 Å². The van der Waals surface area contributed by atoms with Crippen LogP contribution in [0, 0.1) is 5.92 Å². The van der Waals surface area contributed by atoms with Crippen molar-refractivity contribution in [3.8, 4) is 0 Å². The molecule has 2 heterocycles.